The van der Waals surface area contributed by atoms with Crippen LogP contribution in [0.3, 0.4) is 0 Å². The van der Waals surface area contributed by atoms with Gasteiger partial charge in [-0.05, 0) is 18.3 Å². The highest BCUT2D eigenvalue weighted by atomic mass is 16.4. The van der Waals surface area contributed by atoms with Crippen molar-refractivity contribution in [3.63, 3.8) is 0 Å². The van der Waals surface area contributed by atoms with E-state index in [2.05, 4.69) is 13.8 Å². The summed E-state index contributed by atoms with van der Waals surface area (Å²) in [6.07, 6.45) is 1.80. The van der Waals surface area contributed by atoms with Crippen molar-refractivity contribution in [3.8, 4) is 0 Å². The molecule has 0 aliphatic carbocycles. The second-order valence-corrected chi connectivity index (χ2v) is 3.60. The van der Waals surface area contributed by atoms with Gasteiger partial charge in [-0.2, -0.15) is 0 Å². The lowest BCUT2D eigenvalue weighted by Gasteiger charge is -2.23. The minimum atomic E-state index is -0.648. The van der Waals surface area contributed by atoms with Crippen molar-refractivity contribution in [3.05, 3.63) is 0 Å². The first-order valence-corrected chi connectivity index (χ1v) is 4.77. The largest absolute Gasteiger partial charge is 0.481 e. The third-order valence-corrected chi connectivity index (χ3v) is 2.93. The molecular weight excluding hydrogens is 152 g/mol. The Bertz CT molecular complexity index is 143. The number of hydrogen-bond acceptors (Lipinski definition) is 1. The standard InChI is InChI=1S/C10H20O2/c1-5-7(3)8(4)9(6-2)10(11)12/h7-9H,5-6H2,1-4H3,(H,11,12). The third-order valence-electron chi connectivity index (χ3n) is 2.93. The molecule has 0 heterocycles. The molecule has 0 aromatic carbocycles. The molecule has 0 fully saturated rings. The zero-order valence-corrected chi connectivity index (χ0v) is 8.50. The topological polar surface area (TPSA) is 37.3 Å². The number of hydrogen-bond donors (Lipinski definition) is 1. The van der Waals surface area contributed by atoms with E-state index in [0.29, 0.717) is 5.92 Å². The second-order valence-electron chi connectivity index (χ2n) is 3.60. The normalized spacial score (nSPS) is 18.3. The third kappa shape index (κ3) is 2.84. The van der Waals surface area contributed by atoms with E-state index in [4.69, 9.17) is 5.11 Å². The SMILES string of the molecule is CCC(C)C(C)C(CC)C(=O)O. The predicted octanol–water partition coefficient (Wildman–Crippen LogP) is 2.78. The van der Waals surface area contributed by atoms with Crippen molar-refractivity contribution in [1.29, 1.82) is 0 Å². The summed E-state index contributed by atoms with van der Waals surface area (Å²) in [4.78, 5) is 10.8. The van der Waals surface area contributed by atoms with E-state index in [0.717, 1.165) is 12.8 Å². The van der Waals surface area contributed by atoms with Gasteiger partial charge in [0, 0.05) is 0 Å². The monoisotopic (exact) mass is 172 g/mol. The van der Waals surface area contributed by atoms with Crippen LogP contribution >= 0.6 is 0 Å². The van der Waals surface area contributed by atoms with Gasteiger partial charge < -0.3 is 5.11 Å². The summed E-state index contributed by atoms with van der Waals surface area (Å²) in [5.74, 6) is -0.0196. The Labute approximate surface area is 75.0 Å². The van der Waals surface area contributed by atoms with Crippen LogP contribution in [0.4, 0.5) is 0 Å². The van der Waals surface area contributed by atoms with Gasteiger partial charge in [0.1, 0.15) is 0 Å². The van der Waals surface area contributed by atoms with Gasteiger partial charge in [-0.1, -0.05) is 34.1 Å². The molecule has 0 aliphatic heterocycles. The van der Waals surface area contributed by atoms with Crippen LogP contribution in [-0.2, 0) is 4.79 Å². The lowest BCUT2D eigenvalue weighted by atomic mass is 9.81. The molecule has 0 spiro atoms. The molecular formula is C10H20O2. The van der Waals surface area contributed by atoms with E-state index in [1.807, 2.05) is 13.8 Å². The van der Waals surface area contributed by atoms with E-state index in [-0.39, 0.29) is 11.8 Å². The summed E-state index contributed by atoms with van der Waals surface area (Å²) in [5.41, 5.74) is 0. The number of carboxylic acid groups (broad SMARTS) is 1. The fourth-order valence-electron chi connectivity index (χ4n) is 1.54. The Kier molecular flexibility index (Phi) is 4.95. The van der Waals surface area contributed by atoms with Crippen LogP contribution in [0.25, 0.3) is 0 Å². The first-order chi connectivity index (χ1) is 5.54. The fourth-order valence-corrected chi connectivity index (χ4v) is 1.54. The van der Waals surface area contributed by atoms with Gasteiger partial charge >= 0.3 is 5.97 Å². The summed E-state index contributed by atoms with van der Waals surface area (Å²) in [6.45, 7) is 8.21. The summed E-state index contributed by atoms with van der Waals surface area (Å²) >= 11 is 0. The maximum atomic E-state index is 10.8. The fraction of sp³-hybridized carbons (Fsp3) is 0.900. The minimum absolute atomic E-state index is 0.167. The van der Waals surface area contributed by atoms with Crippen LogP contribution in [0.2, 0.25) is 0 Å². The lowest BCUT2D eigenvalue weighted by molar-refractivity contribution is -0.144. The van der Waals surface area contributed by atoms with Gasteiger partial charge in [-0.3, -0.25) is 4.79 Å². The Hall–Kier alpha value is -0.530. The summed E-state index contributed by atoms with van der Waals surface area (Å²) in [6, 6.07) is 0. The average molecular weight is 172 g/mol. The number of aliphatic carboxylic acids is 1. The molecule has 0 saturated carbocycles. The van der Waals surface area contributed by atoms with E-state index in [9.17, 15) is 4.79 Å². The summed E-state index contributed by atoms with van der Waals surface area (Å²) in [5, 5.41) is 8.89. The van der Waals surface area contributed by atoms with Crippen LogP contribution < -0.4 is 0 Å². The lowest BCUT2D eigenvalue weighted by Crippen LogP contribution is -2.25. The highest BCUT2D eigenvalue weighted by molar-refractivity contribution is 5.70. The summed E-state index contributed by atoms with van der Waals surface area (Å²) < 4.78 is 0. The molecule has 12 heavy (non-hydrogen) atoms. The molecule has 2 nitrogen and oxygen atoms in total. The van der Waals surface area contributed by atoms with Crippen molar-refractivity contribution in [2.75, 3.05) is 0 Å². The van der Waals surface area contributed by atoms with Crippen molar-refractivity contribution in [1.82, 2.24) is 0 Å². The molecule has 0 aromatic rings. The van der Waals surface area contributed by atoms with Crippen LogP contribution in [0.15, 0.2) is 0 Å². The minimum Gasteiger partial charge on any atom is -0.481 e. The smallest absolute Gasteiger partial charge is 0.306 e. The van der Waals surface area contributed by atoms with Gasteiger partial charge in [0.15, 0.2) is 0 Å². The highest BCUT2D eigenvalue weighted by Gasteiger charge is 2.25. The van der Waals surface area contributed by atoms with Crippen molar-refractivity contribution < 1.29 is 9.90 Å². The Morgan fingerprint density at radius 3 is 2.00 bits per heavy atom. The van der Waals surface area contributed by atoms with Gasteiger partial charge in [0.05, 0.1) is 5.92 Å². The molecule has 2 heteroatoms. The molecule has 0 aromatic heterocycles. The van der Waals surface area contributed by atoms with Crippen LogP contribution in [0.1, 0.15) is 40.5 Å². The Balaban J connectivity index is 4.20. The van der Waals surface area contributed by atoms with E-state index < -0.39 is 5.97 Å². The average Bonchev–Trinajstić information content (AvgIpc) is 2.03. The molecule has 0 radical (unpaired) electrons. The first-order valence-electron chi connectivity index (χ1n) is 4.77. The van der Waals surface area contributed by atoms with E-state index in [1.165, 1.54) is 0 Å². The number of rotatable bonds is 5. The Morgan fingerprint density at radius 1 is 1.25 bits per heavy atom. The Morgan fingerprint density at radius 2 is 1.75 bits per heavy atom. The molecule has 3 atom stereocenters. The molecule has 0 amide bonds. The van der Waals surface area contributed by atoms with Crippen molar-refractivity contribution in [2.45, 2.75) is 40.5 Å². The van der Waals surface area contributed by atoms with E-state index in [1.54, 1.807) is 0 Å². The van der Waals surface area contributed by atoms with Crippen LogP contribution in [-0.4, -0.2) is 11.1 Å². The molecule has 0 aliphatic rings. The number of carboxylic acids is 1. The van der Waals surface area contributed by atoms with Gasteiger partial charge in [-0.15, -0.1) is 0 Å². The predicted molar refractivity (Wildman–Crippen MR) is 50.0 cm³/mol. The molecule has 3 unspecified atom stereocenters. The van der Waals surface area contributed by atoms with Crippen LogP contribution in [0, 0.1) is 17.8 Å². The van der Waals surface area contributed by atoms with Crippen LogP contribution in [0.5, 0.6) is 0 Å². The van der Waals surface area contributed by atoms with E-state index >= 15 is 0 Å². The quantitative estimate of drug-likeness (QED) is 0.692. The molecule has 0 rings (SSSR count). The van der Waals surface area contributed by atoms with Crippen molar-refractivity contribution >= 4 is 5.97 Å². The molecule has 72 valence electrons. The summed E-state index contributed by atoms with van der Waals surface area (Å²) in [7, 11) is 0. The zero-order valence-electron chi connectivity index (χ0n) is 8.50. The number of carbonyl (C=O) groups is 1. The highest BCUT2D eigenvalue weighted by Crippen LogP contribution is 2.25. The van der Waals surface area contributed by atoms with Gasteiger partial charge in [0.2, 0.25) is 0 Å². The van der Waals surface area contributed by atoms with Crippen molar-refractivity contribution in [2.24, 2.45) is 17.8 Å². The maximum Gasteiger partial charge on any atom is 0.306 e. The second kappa shape index (κ2) is 5.18. The molecule has 1 N–H and O–H groups in total. The maximum absolute atomic E-state index is 10.8. The zero-order chi connectivity index (χ0) is 9.72. The molecule has 0 bridgehead atoms. The van der Waals surface area contributed by atoms with Gasteiger partial charge in [-0.25, -0.2) is 0 Å². The molecule has 0 saturated heterocycles. The van der Waals surface area contributed by atoms with Gasteiger partial charge in [0.25, 0.3) is 0 Å². The first kappa shape index (κ1) is 11.5.